The first-order chi connectivity index (χ1) is 12.5. The fraction of sp³-hybridized carbons (Fsp3) is 0.300. The SMILES string of the molecule is CCO[C@H](Cc1cccc(/C(C)=N/OCc2ccc(F)cc2)c1)C(=O)O. The molecule has 5 nitrogen and oxygen atoms in total. The van der Waals surface area contributed by atoms with Crippen LogP contribution in [0.4, 0.5) is 4.39 Å². The number of carboxylic acid groups (broad SMARTS) is 1. The fourth-order valence-electron chi connectivity index (χ4n) is 2.39. The summed E-state index contributed by atoms with van der Waals surface area (Å²) in [6, 6.07) is 13.5. The lowest BCUT2D eigenvalue weighted by Crippen LogP contribution is -2.26. The average Bonchev–Trinajstić information content (AvgIpc) is 2.63. The number of hydrogen-bond donors (Lipinski definition) is 1. The van der Waals surface area contributed by atoms with Crippen LogP contribution in [0.15, 0.2) is 53.7 Å². The molecule has 0 saturated heterocycles. The van der Waals surface area contributed by atoms with Crippen molar-refractivity contribution in [2.24, 2.45) is 5.16 Å². The van der Waals surface area contributed by atoms with Crippen LogP contribution in [0.25, 0.3) is 0 Å². The molecule has 0 aliphatic heterocycles. The number of benzene rings is 2. The van der Waals surface area contributed by atoms with E-state index in [1.54, 1.807) is 26.0 Å². The second-order valence-electron chi connectivity index (χ2n) is 5.76. The Kier molecular flexibility index (Phi) is 7.29. The van der Waals surface area contributed by atoms with Crippen molar-refractivity contribution in [3.63, 3.8) is 0 Å². The van der Waals surface area contributed by atoms with Crippen molar-refractivity contribution in [2.75, 3.05) is 6.61 Å². The third-order valence-corrected chi connectivity index (χ3v) is 3.76. The third kappa shape index (κ3) is 5.97. The second-order valence-corrected chi connectivity index (χ2v) is 5.76. The molecule has 2 aromatic carbocycles. The monoisotopic (exact) mass is 359 g/mol. The highest BCUT2D eigenvalue weighted by atomic mass is 19.1. The summed E-state index contributed by atoms with van der Waals surface area (Å²) >= 11 is 0. The average molecular weight is 359 g/mol. The predicted molar refractivity (Wildman–Crippen MR) is 96.6 cm³/mol. The minimum absolute atomic E-state index is 0.239. The van der Waals surface area contributed by atoms with E-state index in [1.807, 2.05) is 24.3 Å². The Hall–Kier alpha value is -2.73. The highest BCUT2D eigenvalue weighted by Gasteiger charge is 2.18. The van der Waals surface area contributed by atoms with E-state index in [-0.39, 0.29) is 18.8 Å². The van der Waals surface area contributed by atoms with E-state index in [0.29, 0.717) is 12.3 Å². The maximum Gasteiger partial charge on any atom is 0.333 e. The summed E-state index contributed by atoms with van der Waals surface area (Å²) in [5, 5.41) is 13.3. The summed E-state index contributed by atoms with van der Waals surface area (Å²) in [6.07, 6.45) is -0.594. The zero-order chi connectivity index (χ0) is 18.9. The molecule has 2 rings (SSSR count). The van der Waals surface area contributed by atoms with Gasteiger partial charge in [0.1, 0.15) is 12.4 Å². The molecule has 26 heavy (non-hydrogen) atoms. The van der Waals surface area contributed by atoms with Crippen molar-refractivity contribution in [3.05, 3.63) is 71.0 Å². The molecule has 0 radical (unpaired) electrons. The van der Waals surface area contributed by atoms with E-state index < -0.39 is 12.1 Å². The van der Waals surface area contributed by atoms with Crippen LogP contribution in [0.1, 0.15) is 30.5 Å². The Morgan fingerprint density at radius 1 is 1.19 bits per heavy atom. The summed E-state index contributed by atoms with van der Waals surface area (Å²) in [5.74, 6) is -1.28. The highest BCUT2D eigenvalue weighted by molar-refractivity contribution is 5.98. The van der Waals surface area contributed by atoms with Crippen molar-refractivity contribution < 1.29 is 23.9 Å². The van der Waals surface area contributed by atoms with Gasteiger partial charge in [-0.25, -0.2) is 9.18 Å². The summed E-state index contributed by atoms with van der Waals surface area (Å²) in [5.41, 5.74) is 3.16. The molecule has 138 valence electrons. The van der Waals surface area contributed by atoms with Gasteiger partial charge in [-0.1, -0.05) is 35.5 Å². The van der Waals surface area contributed by atoms with Crippen molar-refractivity contribution in [3.8, 4) is 0 Å². The van der Waals surface area contributed by atoms with Crippen LogP contribution in [0.5, 0.6) is 0 Å². The lowest BCUT2D eigenvalue weighted by atomic mass is 10.0. The maximum absolute atomic E-state index is 12.9. The van der Waals surface area contributed by atoms with Crippen LogP contribution in [0.2, 0.25) is 0 Å². The lowest BCUT2D eigenvalue weighted by Gasteiger charge is -2.13. The van der Waals surface area contributed by atoms with E-state index in [1.165, 1.54) is 12.1 Å². The third-order valence-electron chi connectivity index (χ3n) is 3.76. The van der Waals surface area contributed by atoms with E-state index in [2.05, 4.69) is 5.16 Å². The van der Waals surface area contributed by atoms with Gasteiger partial charge in [-0.2, -0.15) is 0 Å². The lowest BCUT2D eigenvalue weighted by molar-refractivity contribution is -0.149. The molecule has 1 atom stereocenters. The molecule has 2 aromatic rings. The predicted octanol–water partition coefficient (Wildman–Crippen LogP) is 3.80. The molecule has 0 aliphatic rings. The number of oxime groups is 1. The number of nitrogens with zero attached hydrogens (tertiary/aromatic N) is 1. The molecule has 0 heterocycles. The van der Waals surface area contributed by atoms with Crippen LogP contribution in [0.3, 0.4) is 0 Å². The Morgan fingerprint density at radius 3 is 2.58 bits per heavy atom. The largest absolute Gasteiger partial charge is 0.479 e. The molecular weight excluding hydrogens is 337 g/mol. The zero-order valence-corrected chi connectivity index (χ0v) is 14.8. The summed E-state index contributed by atoms with van der Waals surface area (Å²) < 4.78 is 18.1. The topological polar surface area (TPSA) is 68.1 Å². The number of rotatable bonds is 9. The molecule has 0 unspecified atom stereocenters. The molecule has 0 saturated carbocycles. The van der Waals surface area contributed by atoms with Gasteiger partial charge in [-0.15, -0.1) is 0 Å². The normalized spacial score (nSPS) is 12.7. The number of carboxylic acids is 1. The summed E-state index contributed by atoms with van der Waals surface area (Å²) in [6.45, 7) is 4.15. The molecule has 0 spiro atoms. The standard InChI is InChI=1S/C20H22FNO4/c1-3-25-19(20(23)24)12-16-5-4-6-17(11-16)14(2)22-26-13-15-7-9-18(21)10-8-15/h4-11,19H,3,12-13H2,1-2H3,(H,23,24)/b22-14+/t19-/m1/s1. The Balaban J connectivity index is 2.00. The Labute approximate surface area is 152 Å². The minimum atomic E-state index is -0.981. The number of ether oxygens (including phenoxy) is 1. The summed E-state index contributed by atoms with van der Waals surface area (Å²) in [4.78, 5) is 16.5. The number of hydrogen-bond acceptors (Lipinski definition) is 4. The van der Waals surface area contributed by atoms with Crippen molar-refractivity contribution in [2.45, 2.75) is 33.0 Å². The van der Waals surface area contributed by atoms with Gasteiger partial charge in [0.15, 0.2) is 6.10 Å². The molecule has 1 N–H and O–H groups in total. The van der Waals surface area contributed by atoms with Gasteiger partial charge in [0.05, 0.1) is 5.71 Å². The summed E-state index contributed by atoms with van der Waals surface area (Å²) in [7, 11) is 0. The Bertz CT molecular complexity index is 759. The minimum Gasteiger partial charge on any atom is -0.479 e. The van der Waals surface area contributed by atoms with Gasteiger partial charge in [0.25, 0.3) is 0 Å². The van der Waals surface area contributed by atoms with Crippen LogP contribution >= 0.6 is 0 Å². The van der Waals surface area contributed by atoms with Gasteiger partial charge >= 0.3 is 5.97 Å². The smallest absolute Gasteiger partial charge is 0.333 e. The van der Waals surface area contributed by atoms with Gasteiger partial charge in [0, 0.05) is 13.0 Å². The van der Waals surface area contributed by atoms with Gasteiger partial charge in [0.2, 0.25) is 0 Å². The fourth-order valence-corrected chi connectivity index (χ4v) is 2.39. The van der Waals surface area contributed by atoms with Crippen LogP contribution in [0, 0.1) is 5.82 Å². The van der Waals surface area contributed by atoms with Crippen molar-refractivity contribution in [1.29, 1.82) is 0 Å². The molecule has 0 aromatic heterocycles. The molecule has 0 amide bonds. The van der Waals surface area contributed by atoms with Gasteiger partial charge < -0.3 is 14.7 Å². The first-order valence-electron chi connectivity index (χ1n) is 8.34. The second kappa shape index (κ2) is 9.68. The quantitative estimate of drug-likeness (QED) is 0.546. The zero-order valence-electron chi connectivity index (χ0n) is 14.8. The van der Waals surface area contributed by atoms with Crippen LogP contribution in [-0.2, 0) is 27.4 Å². The molecule has 6 heteroatoms. The van der Waals surface area contributed by atoms with Gasteiger partial charge in [-0.3, -0.25) is 0 Å². The van der Waals surface area contributed by atoms with E-state index in [0.717, 1.165) is 16.7 Å². The molecule has 0 aliphatic carbocycles. The number of aliphatic carboxylic acids is 1. The number of halogens is 1. The molecule has 0 bridgehead atoms. The van der Waals surface area contributed by atoms with E-state index in [4.69, 9.17) is 9.57 Å². The first-order valence-corrected chi connectivity index (χ1v) is 8.34. The van der Waals surface area contributed by atoms with Crippen LogP contribution < -0.4 is 0 Å². The first kappa shape index (κ1) is 19.6. The molecular formula is C20H22FNO4. The maximum atomic E-state index is 12.9. The van der Waals surface area contributed by atoms with Crippen molar-refractivity contribution >= 4 is 11.7 Å². The highest BCUT2D eigenvalue weighted by Crippen LogP contribution is 2.12. The van der Waals surface area contributed by atoms with E-state index in [9.17, 15) is 14.3 Å². The number of carbonyl (C=O) groups is 1. The van der Waals surface area contributed by atoms with Crippen LogP contribution in [-0.4, -0.2) is 29.5 Å². The molecule has 0 fully saturated rings. The van der Waals surface area contributed by atoms with Gasteiger partial charge in [-0.05, 0) is 48.7 Å². The van der Waals surface area contributed by atoms with E-state index >= 15 is 0 Å². The Morgan fingerprint density at radius 2 is 1.92 bits per heavy atom. The van der Waals surface area contributed by atoms with Crippen molar-refractivity contribution in [1.82, 2.24) is 0 Å².